The number of hydroxylamine groups is 1. The Morgan fingerprint density at radius 3 is 2.66 bits per heavy atom. The monoisotopic (exact) mass is 540 g/mol. The first-order valence-corrected chi connectivity index (χ1v) is 13.8. The highest BCUT2D eigenvalue weighted by Gasteiger charge is 2.34. The number of nitrogens with one attached hydrogen (secondary N) is 2. The fourth-order valence-corrected chi connectivity index (χ4v) is 5.87. The van der Waals surface area contributed by atoms with Gasteiger partial charge in [0.15, 0.2) is 17.6 Å². The highest BCUT2D eigenvalue weighted by atomic mass is 35.5. The van der Waals surface area contributed by atoms with E-state index in [1.54, 1.807) is 12.4 Å². The van der Waals surface area contributed by atoms with Crippen molar-refractivity contribution in [1.82, 2.24) is 35.3 Å². The molecular formula is C26H33ClN8O3. The Hall–Kier alpha value is -3.02. The number of ether oxygens (including phenoxy) is 1. The summed E-state index contributed by atoms with van der Waals surface area (Å²) in [5.41, 5.74) is 5.47. The van der Waals surface area contributed by atoms with Gasteiger partial charge in [0.1, 0.15) is 11.2 Å². The quantitative estimate of drug-likeness (QED) is 0.490. The van der Waals surface area contributed by atoms with E-state index in [9.17, 15) is 4.79 Å². The van der Waals surface area contributed by atoms with E-state index in [0.717, 1.165) is 36.0 Å². The van der Waals surface area contributed by atoms with Crippen molar-refractivity contribution in [2.45, 2.75) is 71.3 Å². The molecule has 1 saturated carbocycles. The summed E-state index contributed by atoms with van der Waals surface area (Å²) < 4.78 is 8.22. The summed E-state index contributed by atoms with van der Waals surface area (Å²) in [6, 6.07) is 1.98. The third kappa shape index (κ3) is 4.78. The summed E-state index contributed by atoms with van der Waals surface area (Å²) in [7, 11) is 0. The van der Waals surface area contributed by atoms with E-state index in [4.69, 9.17) is 36.1 Å². The number of amides is 1. The molecule has 3 aromatic heterocycles. The molecule has 2 aliphatic heterocycles. The van der Waals surface area contributed by atoms with Gasteiger partial charge in [-0.15, -0.1) is 5.48 Å². The number of pyridine rings is 1. The lowest BCUT2D eigenvalue weighted by Gasteiger charge is -2.39. The maximum Gasteiger partial charge on any atom is 0.427 e. The highest BCUT2D eigenvalue weighted by Crippen LogP contribution is 2.37. The van der Waals surface area contributed by atoms with Crippen molar-refractivity contribution in [3.05, 3.63) is 29.3 Å². The number of carbonyl (C=O) groups excluding carboxylic acids is 1. The lowest BCUT2D eigenvalue weighted by molar-refractivity contribution is 0.0274. The summed E-state index contributed by atoms with van der Waals surface area (Å²) in [5.74, 6) is 2.51. The van der Waals surface area contributed by atoms with Gasteiger partial charge in [-0.3, -0.25) is 10.3 Å². The van der Waals surface area contributed by atoms with Crippen LogP contribution >= 0.6 is 11.6 Å². The van der Waals surface area contributed by atoms with Crippen LogP contribution in [0.1, 0.15) is 58.4 Å². The van der Waals surface area contributed by atoms with Gasteiger partial charge in [-0.05, 0) is 44.6 Å². The van der Waals surface area contributed by atoms with E-state index in [1.165, 1.54) is 25.7 Å². The average molecular weight is 541 g/mol. The number of halogens is 1. The molecule has 0 aromatic carbocycles. The maximum atomic E-state index is 11.7. The number of hydrogen-bond donors (Lipinski definition) is 2. The Kier molecular flexibility index (Phi) is 6.83. The van der Waals surface area contributed by atoms with Crippen molar-refractivity contribution in [3.8, 4) is 11.3 Å². The smallest absolute Gasteiger partial charge is 0.375 e. The molecule has 1 aliphatic carbocycles. The van der Waals surface area contributed by atoms with Gasteiger partial charge in [0, 0.05) is 31.0 Å². The molecular weight excluding hydrogens is 508 g/mol. The van der Waals surface area contributed by atoms with Crippen LogP contribution < -0.4 is 15.7 Å². The van der Waals surface area contributed by atoms with E-state index < -0.39 is 12.3 Å². The Morgan fingerprint density at radius 1 is 1.11 bits per heavy atom. The number of anilines is 1. The number of morpholine rings is 1. The number of imidazole rings is 1. The third-order valence-electron chi connectivity index (χ3n) is 8.09. The molecule has 1 unspecified atom stereocenters. The van der Waals surface area contributed by atoms with Crippen LogP contribution in [0.3, 0.4) is 0 Å². The van der Waals surface area contributed by atoms with Gasteiger partial charge in [0.25, 0.3) is 0 Å². The van der Waals surface area contributed by atoms with Crippen molar-refractivity contribution in [2.75, 3.05) is 18.1 Å². The number of fused-ring (bicyclic) bond motifs is 1. The zero-order chi connectivity index (χ0) is 26.4. The predicted octanol–water partition coefficient (Wildman–Crippen LogP) is 4.22. The van der Waals surface area contributed by atoms with Crippen LogP contribution in [0.25, 0.3) is 22.4 Å². The molecule has 3 fully saturated rings. The molecule has 2 N–H and O–H groups in total. The Morgan fingerprint density at radius 2 is 1.92 bits per heavy atom. The standard InChI is InChI=1S/C26H33ClN8O3/c1-14-4-6-17(7-5-14)13-35-21-20(18-10-19(27)12-28-11-18)29-23(24-32-26(36)38-33-24)30-22(21)31-25(35)34-8-9-37-16(3)15(34)2/h10-12,14-17,24,33H,4-9,13H2,1-3H3,(H,32,36)/t14?,15-,16-,17?,24?/m1/s1. The van der Waals surface area contributed by atoms with Crippen molar-refractivity contribution in [2.24, 2.45) is 11.8 Å². The Balaban J connectivity index is 1.54. The largest absolute Gasteiger partial charge is 0.427 e. The molecule has 1 amide bonds. The van der Waals surface area contributed by atoms with Gasteiger partial charge in [-0.1, -0.05) is 31.4 Å². The molecule has 0 bridgehead atoms. The lowest BCUT2D eigenvalue weighted by Crippen LogP contribution is -2.49. The molecule has 0 spiro atoms. The van der Waals surface area contributed by atoms with Crippen LogP contribution in [0.5, 0.6) is 0 Å². The van der Waals surface area contributed by atoms with E-state index in [2.05, 4.69) is 46.0 Å². The van der Waals surface area contributed by atoms with Crippen molar-refractivity contribution in [1.29, 1.82) is 0 Å². The molecule has 38 heavy (non-hydrogen) atoms. The molecule has 5 heterocycles. The number of nitrogens with zero attached hydrogens (tertiary/aromatic N) is 6. The summed E-state index contributed by atoms with van der Waals surface area (Å²) in [6.07, 6.45) is 6.95. The summed E-state index contributed by atoms with van der Waals surface area (Å²) >= 11 is 6.36. The van der Waals surface area contributed by atoms with Crippen molar-refractivity contribution in [3.63, 3.8) is 0 Å². The highest BCUT2D eigenvalue weighted by molar-refractivity contribution is 6.30. The van der Waals surface area contributed by atoms with E-state index in [-0.39, 0.29) is 12.1 Å². The molecule has 202 valence electrons. The molecule has 3 atom stereocenters. The lowest BCUT2D eigenvalue weighted by atomic mass is 9.83. The molecule has 12 heteroatoms. The minimum atomic E-state index is -0.700. The number of aromatic nitrogens is 5. The van der Waals surface area contributed by atoms with Crippen LogP contribution in [-0.2, 0) is 16.1 Å². The second-order valence-electron chi connectivity index (χ2n) is 10.7. The van der Waals surface area contributed by atoms with Crippen molar-refractivity contribution < 1.29 is 14.4 Å². The first-order valence-electron chi connectivity index (χ1n) is 13.4. The van der Waals surface area contributed by atoms with Gasteiger partial charge in [0.2, 0.25) is 5.95 Å². The fraction of sp³-hybridized carbons (Fsp3) is 0.577. The van der Waals surface area contributed by atoms with Crippen LogP contribution in [0, 0.1) is 11.8 Å². The summed E-state index contributed by atoms with van der Waals surface area (Å²) in [5, 5.41) is 3.20. The summed E-state index contributed by atoms with van der Waals surface area (Å²) in [4.78, 5) is 38.1. The van der Waals surface area contributed by atoms with E-state index >= 15 is 0 Å². The minimum Gasteiger partial charge on any atom is -0.375 e. The first-order chi connectivity index (χ1) is 18.4. The normalized spacial score (nSPS) is 27.9. The van der Waals surface area contributed by atoms with Crippen LogP contribution in [0.15, 0.2) is 18.5 Å². The van der Waals surface area contributed by atoms with Crippen LogP contribution in [-0.4, -0.2) is 55.9 Å². The first kappa shape index (κ1) is 25.3. The second-order valence-corrected chi connectivity index (χ2v) is 11.2. The number of carbonyl (C=O) groups is 1. The van der Waals surface area contributed by atoms with Crippen molar-refractivity contribution >= 4 is 34.8 Å². The average Bonchev–Trinajstić information content (AvgIpc) is 3.50. The third-order valence-corrected chi connectivity index (χ3v) is 8.29. The molecule has 2 saturated heterocycles. The van der Waals surface area contributed by atoms with Crippen LogP contribution in [0.4, 0.5) is 10.7 Å². The molecule has 6 rings (SSSR count). The second kappa shape index (κ2) is 10.3. The molecule has 3 aliphatic rings. The van der Waals surface area contributed by atoms with Gasteiger partial charge in [-0.2, -0.15) is 4.98 Å². The minimum absolute atomic E-state index is 0.0702. The fourth-order valence-electron chi connectivity index (χ4n) is 5.70. The van der Waals surface area contributed by atoms with Gasteiger partial charge in [-0.25, -0.2) is 14.8 Å². The zero-order valence-electron chi connectivity index (χ0n) is 21.9. The molecule has 0 radical (unpaired) electrons. The topological polar surface area (TPSA) is 119 Å². The maximum absolute atomic E-state index is 11.7. The van der Waals surface area contributed by atoms with Gasteiger partial charge in [0.05, 0.1) is 23.8 Å². The SMILES string of the molecule is CC1CCC(Cn2c(N3CCO[C@H](C)[C@H]3C)nc3nc(C4NOC(=O)N4)nc(-c4cncc(Cl)c4)c32)CC1. The molecule has 11 nitrogen and oxygen atoms in total. The van der Waals surface area contributed by atoms with E-state index in [1.807, 2.05) is 6.07 Å². The summed E-state index contributed by atoms with van der Waals surface area (Å²) in [6.45, 7) is 8.80. The Bertz CT molecular complexity index is 1340. The van der Waals surface area contributed by atoms with Gasteiger partial charge >= 0.3 is 6.09 Å². The number of hydrogen-bond acceptors (Lipinski definition) is 9. The molecule has 3 aromatic rings. The Labute approximate surface area is 226 Å². The van der Waals surface area contributed by atoms with E-state index in [0.29, 0.717) is 34.7 Å². The van der Waals surface area contributed by atoms with Crippen LogP contribution in [0.2, 0.25) is 5.02 Å². The van der Waals surface area contributed by atoms with Gasteiger partial charge < -0.3 is 19.0 Å². The zero-order valence-corrected chi connectivity index (χ0v) is 22.6. The number of rotatable bonds is 5. The predicted molar refractivity (Wildman–Crippen MR) is 142 cm³/mol.